The van der Waals surface area contributed by atoms with Gasteiger partial charge in [-0.2, -0.15) is 0 Å². The summed E-state index contributed by atoms with van der Waals surface area (Å²) < 4.78 is 69.2. The van der Waals surface area contributed by atoms with Crippen LogP contribution in [0, 0.1) is 0 Å². The van der Waals surface area contributed by atoms with Crippen LogP contribution in [0.1, 0.15) is 522 Å². The fourth-order valence-electron chi connectivity index (χ4n) is 14.9. The molecule has 0 saturated heterocycles. The molecule has 0 aliphatic rings. The molecule has 0 rings (SSSR count). The average molecular weight is 1650 g/mol. The van der Waals surface area contributed by atoms with Crippen molar-refractivity contribution in [1.29, 1.82) is 0 Å². The summed E-state index contributed by atoms with van der Waals surface area (Å²) in [6.07, 6.45) is 86.3. The van der Waals surface area contributed by atoms with Gasteiger partial charge < -0.3 is 33.8 Å². The molecule has 0 radical (unpaired) electrons. The standard InChI is InChI=1S/C94H184O17P2/c1-5-9-13-17-21-25-29-32-35-38-41-44-45-48-51-54-57-61-65-69-73-77-81-94(99)111-90(85-105-92(97)79-75-71-67-63-59-55-52-49-46-42-39-36-33-30-26-22-18-14-10-6-2)87-109-113(102,103)107-83-88(95)82-106-112(100,101)108-86-89(84-104-91(96)78-74-70-66-62-58-28-24-20-16-12-8-4)110-93(98)80-76-72-68-64-60-56-53-50-47-43-40-37-34-31-27-23-19-15-11-7-3/h88-90,95H,5-87H2,1-4H3,(H,100,101)(H,102,103)/t88-,89+,90+/m0/s1. The Bertz CT molecular complexity index is 2120. The second-order valence-electron chi connectivity index (χ2n) is 33.8. The second kappa shape index (κ2) is 87.9. The molecule has 0 aromatic rings. The maximum atomic E-state index is 13.2. The number of ether oxygens (including phenoxy) is 4. The summed E-state index contributed by atoms with van der Waals surface area (Å²) in [6, 6.07) is 0. The Hall–Kier alpha value is -1.94. The van der Waals surface area contributed by atoms with E-state index in [0.29, 0.717) is 25.7 Å². The van der Waals surface area contributed by atoms with Crippen molar-refractivity contribution in [2.24, 2.45) is 0 Å². The first kappa shape index (κ1) is 111. The number of unbranched alkanes of at least 4 members (excludes halogenated alkanes) is 69. The lowest BCUT2D eigenvalue weighted by Gasteiger charge is -2.21. The molecule has 0 saturated carbocycles. The Kier molecular flexibility index (Phi) is 86.4. The normalized spacial score (nSPS) is 13.6. The van der Waals surface area contributed by atoms with Crippen LogP contribution >= 0.6 is 15.6 Å². The minimum atomic E-state index is -4.97. The number of rotatable bonds is 95. The Labute approximate surface area is 696 Å². The molecule has 113 heavy (non-hydrogen) atoms. The number of aliphatic hydroxyl groups excluding tert-OH is 1. The molecule has 0 heterocycles. The molecule has 2 unspecified atom stereocenters. The predicted octanol–water partition coefficient (Wildman–Crippen LogP) is 29.6. The average Bonchev–Trinajstić information content (AvgIpc) is 0.900. The first-order valence-corrected chi connectivity index (χ1v) is 51.8. The Morgan fingerprint density at radius 3 is 0.522 bits per heavy atom. The van der Waals surface area contributed by atoms with Gasteiger partial charge in [-0.25, -0.2) is 9.13 Å². The zero-order chi connectivity index (χ0) is 82.4. The van der Waals surface area contributed by atoms with E-state index in [-0.39, 0.29) is 25.7 Å². The summed E-state index contributed by atoms with van der Waals surface area (Å²) in [6.45, 7) is 5.10. The van der Waals surface area contributed by atoms with E-state index < -0.39 is 97.5 Å². The van der Waals surface area contributed by atoms with Crippen LogP contribution in [0.3, 0.4) is 0 Å². The van der Waals surface area contributed by atoms with Crippen LogP contribution in [-0.4, -0.2) is 96.7 Å². The number of hydrogen-bond donors (Lipinski definition) is 3. The van der Waals surface area contributed by atoms with Crippen LogP contribution in [0.4, 0.5) is 0 Å². The first-order valence-electron chi connectivity index (χ1n) is 48.8. The summed E-state index contributed by atoms with van der Waals surface area (Å²) >= 11 is 0. The molecule has 0 spiro atoms. The number of esters is 4. The molecule has 0 bridgehead atoms. The van der Waals surface area contributed by atoms with Crippen molar-refractivity contribution in [3.63, 3.8) is 0 Å². The fraction of sp³-hybridized carbons (Fsp3) is 0.957. The number of hydrogen-bond acceptors (Lipinski definition) is 15. The van der Waals surface area contributed by atoms with Crippen LogP contribution in [0.25, 0.3) is 0 Å². The van der Waals surface area contributed by atoms with E-state index in [4.69, 9.17) is 37.0 Å². The zero-order valence-corrected chi connectivity index (χ0v) is 76.2. The minimum absolute atomic E-state index is 0.110. The number of phosphoric acid groups is 2. The van der Waals surface area contributed by atoms with Gasteiger partial charge in [-0.05, 0) is 25.7 Å². The van der Waals surface area contributed by atoms with Crippen molar-refractivity contribution < 1.29 is 80.2 Å². The van der Waals surface area contributed by atoms with Gasteiger partial charge in [0.15, 0.2) is 12.2 Å². The lowest BCUT2D eigenvalue weighted by atomic mass is 10.0. The van der Waals surface area contributed by atoms with Crippen molar-refractivity contribution in [3.05, 3.63) is 0 Å². The molecule has 0 amide bonds. The molecule has 672 valence electrons. The lowest BCUT2D eigenvalue weighted by molar-refractivity contribution is -0.161. The van der Waals surface area contributed by atoms with Crippen molar-refractivity contribution in [3.8, 4) is 0 Å². The number of carbonyl (C=O) groups is 4. The lowest BCUT2D eigenvalue weighted by Crippen LogP contribution is -2.30. The number of aliphatic hydroxyl groups is 1. The molecule has 0 aliphatic heterocycles. The van der Waals surface area contributed by atoms with E-state index in [2.05, 4.69) is 27.7 Å². The summed E-state index contributed by atoms with van der Waals surface area (Å²) in [4.78, 5) is 73.5. The highest BCUT2D eigenvalue weighted by Crippen LogP contribution is 2.45. The number of phosphoric ester groups is 2. The first-order chi connectivity index (χ1) is 55.2. The Balaban J connectivity index is 5.22. The molecule has 0 fully saturated rings. The minimum Gasteiger partial charge on any atom is -0.462 e. The molecule has 3 N–H and O–H groups in total. The van der Waals surface area contributed by atoms with Gasteiger partial charge in [0.1, 0.15) is 19.3 Å². The van der Waals surface area contributed by atoms with Gasteiger partial charge in [0.25, 0.3) is 0 Å². The largest absolute Gasteiger partial charge is 0.472 e. The maximum Gasteiger partial charge on any atom is 0.472 e. The monoisotopic (exact) mass is 1650 g/mol. The highest BCUT2D eigenvalue weighted by Gasteiger charge is 2.31. The van der Waals surface area contributed by atoms with Crippen molar-refractivity contribution in [2.75, 3.05) is 39.6 Å². The van der Waals surface area contributed by atoms with Crippen LogP contribution < -0.4 is 0 Å². The molecule has 5 atom stereocenters. The molecular formula is C94H184O17P2. The summed E-state index contributed by atoms with van der Waals surface area (Å²) in [5, 5.41) is 10.7. The smallest absolute Gasteiger partial charge is 0.462 e. The third kappa shape index (κ3) is 87.7. The van der Waals surface area contributed by atoms with Crippen molar-refractivity contribution in [2.45, 2.75) is 540 Å². The Morgan fingerprint density at radius 2 is 0.354 bits per heavy atom. The molecule has 0 aliphatic carbocycles. The quantitative estimate of drug-likeness (QED) is 0.0222. The topological polar surface area (TPSA) is 237 Å². The maximum absolute atomic E-state index is 13.2. The van der Waals surface area contributed by atoms with Gasteiger partial charge in [-0.1, -0.05) is 471 Å². The third-order valence-electron chi connectivity index (χ3n) is 22.4. The molecule has 19 heteroatoms. The highest BCUT2D eigenvalue weighted by atomic mass is 31.2. The van der Waals surface area contributed by atoms with Gasteiger partial charge in [-0.15, -0.1) is 0 Å². The second-order valence-corrected chi connectivity index (χ2v) is 36.7. The van der Waals surface area contributed by atoms with E-state index in [9.17, 15) is 43.2 Å². The molecular weight excluding hydrogens is 1460 g/mol. The van der Waals surface area contributed by atoms with E-state index in [0.717, 1.165) is 89.9 Å². The highest BCUT2D eigenvalue weighted by molar-refractivity contribution is 7.47. The van der Waals surface area contributed by atoms with Crippen molar-refractivity contribution in [1.82, 2.24) is 0 Å². The van der Waals surface area contributed by atoms with Crippen LogP contribution in [0.2, 0.25) is 0 Å². The van der Waals surface area contributed by atoms with Crippen LogP contribution in [0.5, 0.6) is 0 Å². The zero-order valence-electron chi connectivity index (χ0n) is 74.4. The summed E-state index contributed by atoms with van der Waals surface area (Å²) in [5.74, 6) is -2.09. The SMILES string of the molecule is CCCCCCCCCCCCCCCCCCCCCCCCC(=O)O[C@H](COC(=O)CCCCCCCCCCCCCCCCCCCCCC)COP(=O)(O)OC[C@@H](O)COP(=O)(O)OC[C@@H](COC(=O)CCCCCCCCCCCCC)OC(=O)CCCCCCCCCCCCCCCCCCCCCC. The summed E-state index contributed by atoms with van der Waals surface area (Å²) in [7, 11) is -9.94. The van der Waals surface area contributed by atoms with Gasteiger partial charge in [0, 0.05) is 25.7 Å². The van der Waals surface area contributed by atoms with E-state index in [1.165, 1.54) is 353 Å². The summed E-state index contributed by atoms with van der Waals surface area (Å²) in [5.41, 5.74) is 0. The van der Waals surface area contributed by atoms with E-state index in [1.54, 1.807) is 0 Å². The van der Waals surface area contributed by atoms with Gasteiger partial charge in [0.05, 0.1) is 26.4 Å². The van der Waals surface area contributed by atoms with E-state index in [1.807, 2.05) is 0 Å². The van der Waals surface area contributed by atoms with Crippen molar-refractivity contribution >= 4 is 39.5 Å². The molecule has 0 aromatic carbocycles. The Morgan fingerprint density at radius 1 is 0.212 bits per heavy atom. The van der Waals surface area contributed by atoms with Gasteiger partial charge in [0.2, 0.25) is 0 Å². The molecule has 17 nitrogen and oxygen atoms in total. The van der Waals surface area contributed by atoms with Crippen LogP contribution in [-0.2, 0) is 65.4 Å². The number of carbonyl (C=O) groups excluding carboxylic acids is 4. The fourth-order valence-corrected chi connectivity index (χ4v) is 16.5. The van der Waals surface area contributed by atoms with Gasteiger partial charge in [-0.3, -0.25) is 37.3 Å². The third-order valence-corrected chi connectivity index (χ3v) is 24.3. The van der Waals surface area contributed by atoms with E-state index >= 15 is 0 Å². The van der Waals surface area contributed by atoms with Gasteiger partial charge >= 0.3 is 39.5 Å². The predicted molar refractivity (Wildman–Crippen MR) is 469 cm³/mol. The molecule has 0 aromatic heterocycles. The van der Waals surface area contributed by atoms with Crippen LogP contribution in [0.15, 0.2) is 0 Å².